The van der Waals surface area contributed by atoms with Crippen LogP contribution in [-0.2, 0) is 0 Å². The molecule has 0 bridgehead atoms. The van der Waals surface area contributed by atoms with E-state index < -0.39 is 0 Å². The second-order valence-electron chi connectivity index (χ2n) is 5.82. The van der Waals surface area contributed by atoms with Gasteiger partial charge in [0.1, 0.15) is 16.5 Å². The average Bonchev–Trinajstić information content (AvgIpc) is 3.13. The molecule has 112 valence electrons. The predicted molar refractivity (Wildman–Crippen MR) is 86.8 cm³/mol. The van der Waals surface area contributed by atoms with E-state index in [4.69, 9.17) is 0 Å². The van der Waals surface area contributed by atoms with Gasteiger partial charge < -0.3 is 15.0 Å². The SMILES string of the molecule is O=c1[nH]c(=C2CCCCC2)[nH]c1=Cc1c[nH]c2ncccc12. The number of pyridine rings is 1. The lowest BCUT2D eigenvalue weighted by atomic mass is 9.96. The minimum Gasteiger partial charge on any atom is -0.346 e. The Hall–Kier alpha value is -2.56. The number of H-pyrrole nitrogens is 3. The number of hydrogen-bond donors (Lipinski definition) is 3. The molecule has 0 aromatic carbocycles. The molecule has 3 N–H and O–H groups in total. The lowest BCUT2D eigenvalue weighted by Gasteiger charge is -2.11. The van der Waals surface area contributed by atoms with Crippen LogP contribution < -0.4 is 16.4 Å². The normalized spacial score (nSPS) is 16.5. The van der Waals surface area contributed by atoms with Crippen molar-refractivity contribution in [3.05, 3.63) is 51.3 Å². The van der Waals surface area contributed by atoms with E-state index in [0.29, 0.717) is 5.35 Å². The van der Waals surface area contributed by atoms with Crippen molar-refractivity contribution in [1.29, 1.82) is 0 Å². The summed E-state index contributed by atoms with van der Waals surface area (Å²) in [6.07, 6.45) is 11.4. The van der Waals surface area contributed by atoms with Crippen LogP contribution in [0.15, 0.2) is 29.3 Å². The van der Waals surface area contributed by atoms with E-state index >= 15 is 0 Å². The van der Waals surface area contributed by atoms with Crippen molar-refractivity contribution in [2.45, 2.75) is 32.1 Å². The van der Waals surface area contributed by atoms with Crippen LogP contribution in [0.2, 0.25) is 0 Å². The first-order valence-corrected chi connectivity index (χ1v) is 7.75. The van der Waals surface area contributed by atoms with Crippen LogP contribution in [0, 0.1) is 0 Å². The molecule has 0 amide bonds. The van der Waals surface area contributed by atoms with Gasteiger partial charge in [-0.25, -0.2) is 4.98 Å². The highest BCUT2D eigenvalue weighted by Gasteiger charge is 2.08. The summed E-state index contributed by atoms with van der Waals surface area (Å²) in [5.74, 6) is 0. The Morgan fingerprint density at radius 2 is 2.00 bits per heavy atom. The van der Waals surface area contributed by atoms with E-state index in [0.717, 1.165) is 34.9 Å². The van der Waals surface area contributed by atoms with Gasteiger partial charge in [0.25, 0.3) is 5.56 Å². The molecule has 0 radical (unpaired) electrons. The highest BCUT2D eigenvalue weighted by Crippen LogP contribution is 2.21. The number of rotatable bonds is 1. The van der Waals surface area contributed by atoms with Gasteiger partial charge in [0.05, 0.1) is 0 Å². The summed E-state index contributed by atoms with van der Waals surface area (Å²) < 4.78 is 0. The summed E-state index contributed by atoms with van der Waals surface area (Å²) in [7, 11) is 0. The van der Waals surface area contributed by atoms with E-state index in [2.05, 4.69) is 19.9 Å². The van der Waals surface area contributed by atoms with Gasteiger partial charge in [-0.15, -0.1) is 0 Å². The second-order valence-corrected chi connectivity index (χ2v) is 5.82. The van der Waals surface area contributed by atoms with Crippen molar-refractivity contribution < 1.29 is 0 Å². The van der Waals surface area contributed by atoms with Crippen molar-refractivity contribution in [2.75, 3.05) is 0 Å². The Balaban J connectivity index is 1.86. The monoisotopic (exact) mass is 294 g/mol. The molecule has 0 unspecified atom stereocenters. The largest absolute Gasteiger partial charge is 0.346 e. The van der Waals surface area contributed by atoms with E-state index in [1.54, 1.807) is 6.20 Å². The molecule has 0 aliphatic heterocycles. The molecule has 0 atom stereocenters. The quantitative estimate of drug-likeness (QED) is 0.636. The number of aromatic amines is 3. The predicted octanol–water partition coefficient (Wildman–Crippen LogP) is 1.52. The van der Waals surface area contributed by atoms with Gasteiger partial charge in [0.15, 0.2) is 0 Å². The molecule has 3 heterocycles. The molecular weight excluding hydrogens is 276 g/mol. The van der Waals surface area contributed by atoms with Gasteiger partial charge in [-0.2, -0.15) is 0 Å². The van der Waals surface area contributed by atoms with Gasteiger partial charge in [-0.05, 0) is 49.5 Å². The van der Waals surface area contributed by atoms with Crippen LogP contribution in [0.25, 0.3) is 22.7 Å². The molecular formula is C17H18N4O. The summed E-state index contributed by atoms with van der Waals surface area (Å²) in [4.78, 5) is 25.8. The third-order valence-corrected chi connectivity index (χ3v) is 4.34. The van der Waals surface area contributed by atoms with Crippen molar-refractivity contribution in [2.24, 2.45) is 0 Å². The third kappa shape index (κ3) is 2.28. The van der Waals surface area contributed by atoms with Crippen molar-refractivity contribution in [3.63, 3.8) is 0 Å². The minimum absolute atomic E-state index is 0.0636. The molecule has 3 aromatic rings. The number of hydrogen-bond acceptors (Lipinski definition) is 2. The summed E-state index contributed by atoms with van der Waals surface area (Å²) in [6.45, 7) is 0. The third-order valence-electron chi connectivity index (χ3n) is 4.34. The topological polar surface area (TPSA) is 77.3 Å². The van der Waals surface area contributed by atoms with Crippen LogP contribution in [0.1, 0.15) is 37.7 Å². The lowest BCUT2D eigenvalue weighted by molar-refractivity contribution is 0.640. The van der Waals surface area contributed by atoms with E-state index in [1.165, 1.54) is 24.8 Å². The van der Waals surface area contributed by atoms with Crippen molar-refractivity contribution in [3.8, 4) is 0 Å². The maximum absolute atomic E-state index is 12.2. The standard InChI is InChI=1S/C17H18N4O/c22-17-14(20-15(21-17)11-5-2-1-3-6-11)9-12-10-19-16-13(12)7-4-8-18-16/h4,7-10,20H,1-3,5-6H2,(H,18,19)(H,21,22). The van der Waals surface area contributed by atoms with Crippen LogP contribution in [0.3, 0.4) is 0 Å². The zero-order valence-electron chi connectivity index (χ0n) is 12.3. The fourth-order valence-electron chi connectivity index (χ4n) is 3.16. The summed E-state index contributed by atoms with van der Waals surface area (Å²) in [6, 6.07) is 3.90. The first-order valence-electron chi connectivity index (χ1n) is 7.75. The Morgan fingerprint density at radius 3 is 2.86 bits per heavy atom. The highest BCUT2D eigenvalue weighted by molar-refractivity contribution is 5.85. The molecule has 3 aromatic heterocycles. The number of nitrogens with zero attached hydrogens (tertiary/aromatic N) is 1. The van der Waals surface area contributed by atoms with Crippen LogP contribution >= 0.6 is 0 Å². The summed E-state index contributed by atoms with van der Waals surface area (Å²) >= 11 is 0. The summed E-state index contributed by atoms with van der Waals surface area (Å²) in [5, 5.41) is 1.61. The summed E-state index contributed by atoms with van der Waals surface area (Å²) in [5.41, 5.74) is 3.97. The molecule has 4 rings (SSSR count). The van der Waals surface area contributed by atoms with Gasteiger partial charge in [0, 0.05) is 23.3 Å². The van der Waals surface area contributed by atoms with Crippen LogP contribution in [0.4, 0.5) is 0 Å². The molecule has 1 saturated carbocycles. The first-order chi connectivity index (χ1) is 10.8. The highest BCUT2D eigenvalue weighted by atomic mass is 16.1. The number of aromatic nitrogens is 4. The number of nitrogens with one attached hydrogen (secondary N) is 3. The molecule has 0 saturated heterocycles. The average molecular weight is 294 g/mol. The molecule has 1 aliphatic carbocycles. The molecule has 22 heavy (non-hydrogen) atoms. The lowest BCUT2D eigenvalue weighted by Crippen LogP contribution is -2.22. The van der Waals surface area contributed by atoms with E-state index in [-0.39, 0.29) is 5.56 Å². The smallest absolute Gasteiger partial charge is 0.273 e. The maximum atomic E-state index is 12.2. The van der Waals surface area contributed by atoms with Gasteiger partial charge in [-0.1, -0.05) is 6.42 Å². The fraction of sp³-hybridized carbons (Fsp3) is 0.294. The van der Waals surface area contributed by atoms with Gasteiger partial charge >= 0.3 is 0 Å². The van der Waals surface area contributed by atoms with E-state index in [1.807, 2.05) is 24.4 Å². The second kappa shape index (κ2) is 5.33. The Bertz CT molecular complexity index is 982. The molecule has 1 fully saturated rings. The number of fused-ring (bicyclic) bond motifs is 1. The van der Waals surface area contributed by atoms with Crippen molar-refractivity contribution in [1.82, 2.24) is 19.9 Å². The number of imidazole rings is 1. The van der Waals surface area contributed by atoms with E-state index in [9.17, 15) is 4.79 Å². The molecule has 0 spiro atoms. The minimum atomic E-state index is -0.0636. The van der Waals surface area contributed by atoms with Gasteiger partial charge in [0.2, 0.25) is 0 Å². The fourth-order valence-corrected chi connectivity index (χ4v) is 3.16. The van der Waals surface area contributed by atoms with Crippen LogP contribution in [0.5, 0.6) is 0 Å². The molecule has 5 nitrogen and oxygen atoms in total. The maximum Gasteiger partial charge on any atom is 0.273 e. The Morgan fingerprint density at radius 1 is 1.14 bits per heavy atom. The Kier molecular flexibility index (Phi) is 3.18. The zero-order chi connectivity index (χ0) is 14.9. The molecule has 1 aliphatic rings. The van der Waals surface area contributed by atoms with Gasteiger partial charge in [-0.3, -0.25) is 4.79 Å². The molecule has 5 heteroatoms. The Labute approximate surface area is 126 Å². The van der Waals surface area contributed by atoms with Crippen LogP contribution in [-0.4, -0.2) is 19.9 Å². The first kappa shape index (κ1) is 13.1. The van der Waals surface area contributed by atoms with Crippen molar-refractivity contribution >= 4 is 22.7 Å². The zero-order valence-corrected chi connectivity index (χ0v) is 12.3.